The minimum absolute atomic E-state index is 0.309. The van der Waals surface area contributed by atoms with Crippen molar-refractivity contribution in [2.45, 2.75) is 6.92 Å². The number of carbonyl (C=O) groups is 1. The van der Waals surface area contributed by atoms with Crippen molar-refractivity contribution >= 4 is 45.6 Å². The molecule has 0 unspecified atom stereocenters. The van der Waals surface area contributed by atoms with Crippen molar-refractivity contribution in [3.63, 3.8) is 0 Å². The van der Waals surface area contributed by atoms with Crippen LogP contribution in [0, 0.1) is 6.92 Å². The summed E-state index contributed by atoms with van der Waals surface area (Å²) < 4.78 is 0. The summed E-state index contributed by atoms with van der Waals surface area (Å²) in [4.78, 5) is 16.7. The van der Waals surface area contributed by atoms with Crippen molar-refractivity contribution in [3.05, 3.63) is 69.0 Å². The van der Waals surface area contributed by atoms with Crippen molar-refractivity contribution in [2.24, 2.45) is 0 Å². The predicted molar refractivity (Wildman–Crippen MR) is 96.7 cm³/mol. The first-order chi connectivity index (χ1) is 11.0. The molecule has 3 aromatic rings. The average molecular weight is 363 g/mol. The van der Waals surface area contributed by atoms with Crippen molar-refractivity contribution < 1.29 is 4.79 Å². The Hall–Kier alpha value is -1.88. The normalized spacial score (nSPS) is 10.6. The lowest BCUT2D eigenvalue weighted by Crippen LogP contribution is -2.12. The number of thiazole rings is 1. The zero-order valence-corrected chi connectivity index (χ0v) is 14.5. The van der Waals surface area contributed by atoms with E-state index in [0.29, 0.717) is 20.7 Å². The third-order valence-corrected chi connectivity index (χ3v) is 4.55. The van der Waals surface area contributed by atoms with Crippen LogP contribution in [-0.2, 0) is 0 Å². The topological polar surface area (TPSA) is 42.0 Å². The number of aromatic nitrogens is 1. The fraction of sp³-hybridized carbons (Fsp3) is 0.0588. The smallest absolute Gasteiger partial charge is 0.258 e. The zero-order valence-electron chi connectivity index (χ0n) is 12.1. The van der Waals surface area contributed by atoms with Crippen LogP contribution in [0.25, 0.3) is 11.3 Å². The maximum absolute atomic E-state index is 12.3. The molecule has 116 valence electrons. The molecule has 0 saturated heterocycles. The molecule has 23 heavy (non-hydrogen) atoms. The Balaban J connectivity index is 1.78. The average Bonchev–Trinajstić information content (AvgIpc) is 2.96. The first-order valence-electron chi connectivity index (χ1n) is 6.82. The number of benzene rings is 2. The van der Waals surface area contributed by atoms with Gasteiger partial charge in [-0.15, -0.1) is 11.3 Å². The number of amides is 1. The molecule has 1 N–H and O–H groups in total. The summed E-state index contributed by atoms with van der Waals surface area (Å²) in [7, 11) is 0. The number of nitrogens with one attached hydrogen (secondary N) is 1. The van der Waals surface area contributed by atoms with Crippen molar-refractivity contribution in [1.29, 1.82) is 0 Å². The van der Waals surface area contributed by atoms with E-state index in [1.54, 1.807) is 12.1 Å². The molecule has 2 aromatic carbocycles. The molecular weight excluding hydrogens is 351 g/mol. The molecule has 1 heterocycles. The molecule has 0 saturated carbocycles. The maximum Gasteiger partial charge on any atom is 0.258 e. The van der Waals surface area contributed by atoms with Crippen LogP contribution in [0.1, 0.15) is 15.9 Å². The summed E-state index contributed by atoms with van der Waals surface area (Å²) in [6.07, 6.45) is 0. The van der Waals surface area contributed by atoms with E-state index in [0.717, 1.165) is 11.3 Å². The predicted octanol–water partition coefficient (Wildman–Crippen LogP) is 5.68. The monoisotopic (exact) mass is 362 g/mol. The van der Waals surface area contributed by atoms with Gasteiger partial charge in [-0.25, -0.2) is 4.98 Å². The summed E-state index contributed by atoms with van der Waals surface area (Å²) in [6, 6.07) is 12.8. The van der Waals surface area contributed by atoms with Crippen LogP contribution in [-0.4, -0.2) is 10.9 Å². The highest BCUT2D eigenvalue weighted by Crippen LogP contribution is 2.27. The molecule has 0 atom stereocenters. The van der Waals surface area contributed by atoms with Gasteiger partial charge in [0.05, 0.1) is 16.3 Å². The molecule has 1 aromatic heterocycles. The highest BCUT2D eigenvalue weighted by atomic mass is 35.5. The van der Waals surface area contributed by atoms with Crippen molar-refractivity contribution in [3.8, 4) is 11.3 Å². The SMILES string of the molecule is Cc1ccc(-c2csc(NC(=O)c3ccc(Cl)cc3Cl)n2)cc1. The third kappa shape index (κ3) is 3.72. The van der Waals surface area contributed by atoms with Crippen LogP contribution < -0.4 is 5.32 Å². The lowest BCUT2D eigenvalue weighted by Gasteiger charge is -2.04. The van der Waals surface area contributed by atoms with Gasteiger partial charge < -0.3 is 0 Å². The third-order valence-electron chi connectivity index (χ3n) is 3.25. The van der Waals surface area contributed by atoms with Crippen LogP contribution in [0.2, 0.25) is 10.0 Å². The molecule has 3 rings (SSSR count). The molecule has 0 aliphatic rings. The number of rotatable bonds is 3. The number of hydrogen-bond acceptors (Lipinski definition) is 3. The molecule has 0 radical (unpaired) electrons. The van der Waals surface area contributed by atoms with Gasteiger partial charge >= 0.3 is 0 Å². The van der Waals surface area contributed by atoms with Gasteiger partial charge in [-0.1, -0.05) is 53.0 Å². The molecule has 0 bridgehead atoms. The fourth-order valence-corrected chi connectivity index (χ4v) is 3.24. The molecule has 3 nitrogen and oxygen atoms in total. The molecule has 1 amide bonds. The fourth-order valence-electron chi connectivity index (χ4n) is 2.03. The molecule has 0 aliphatic carbocycles. The van der Waals surface area contributed by atoms with E-state index in [1.165, 1.54) is 23.0 Å². The first kappa shape index (κ1) is 16.0. The Bertz CT molecular complexity index is 859. The number of carbonyl (C=O) groups excluding carboxylic acids is 1. The highest BCUT2D eigenvalue weighted by Gasteiger charge is 2.13. The van der Waals surface area contributed by atoms with Gasteiger partial charge in [0.25, 0.3) is 5.91 Å². The number of aryl methyl sites for hydroxylation is 1. The second-order valence-electron chi connectivity index (χ2n) is 4.98. The molecule has 6 heteroatoms. The summed E-state index contributed by atoms with van der Waals surface area (Å²) in [5.74, 6) is -0.309. The molecule has 0 spiro atoms. The van der Waals surface area contributed by atoms with Crippen molar-refractivity contribution in [2.75, 3.05) is 5.32 Å². The highest BCUT2D eigenvalue weighted by molar-refractivity contribution is 7.14. The number of nitrogens with zero attached hydrogens (tertiary/aromatic N) is 1. The van der Waals surface area contributed by atoms with E-state index < -0.39 is 0 Å². The summed E-state index contributed by atoms with van der Waals surface area (Å²) in [5.41, 5.74) is 3.39. The number of halogens is 2. The van der Waals surface area contributed by atoms with E-state index in [-0.39, 0.29) is 5.91 Å². The Kier molecular flexibility index (Phi) is 4.66. The minimum Gasteiger partial charge on any atom is -0.298 e. The van der Waals surface area contributed by atoms with Crippen LogP contribution in [0.15, 0.2) is 47.8 Å². The lowest BCUT2D eigenvalue weighted by atomic mass is 10.1. The Morgan fingerprint density at radius 3 is 2.57 bits per heavy atom. The largest absolute Gasteiger partial charge is 0.298 e. The molecule has 0 aliphatic heterocycles. The van der Waals surface area contributed by atoms with Gasteiger partial charge in [0, 0.05) is 16.0 Å². The van der Waals surface area contributed by atoms with Gasteiger partial charge in [0.15, 0.2) is 5.13 Å². The van der Waals surface area contributed by atoms with Gasteiger partial charge in [-0.2, -0.15) is 0 Å². The minimum atomic E-state index is -0.309. The van der Waals surface area contributed by atoms with Gasteiger partial charge in [0.1, 0.15) is 0 Å². The van der Waals surface area contributed by atoms with Crippen LogP contribution in [0.5, 0.6) is 0 Å². The van der Waals surface area contributed by atoms with Gasteiger partial charge in [-0.3, -0.25) is 10.1 Å². The Morgan fingerprint density at radius 2 is 1.87 bits per heavy atom. The van der Waals surface area contributed by atoms with Crippen LogP contribution >= 0.6 is 34.5 Å². The van der Waals surface area contributed by atoms with E-state index in [9.17, 15) is 4.79 Å². The van der Waals surface area contributed by atoms with Crippen molar-refractivity contribution in [1.82, 2.24) is 4.98 Å². The van der Waals surface area contributed by atoms with Gasteiger partial charge in [0.2, 0.25) is 0 Å². The van der Waals surface area contributed by atoms with Crippen LogP contribution in [0.3, 0.4) is 0 Å². The second-order valence-corrected chi connectivity index (χ2v) is 6.68. The first-order valence-corrected chi connectivity index (χ1v) is 8.45. The standard InChI is InChI=1S/C17H12Cl2N2OS/c1-10-2-4-11(5-3-10)15-9-23-17(20-15)21-16(22)13-7-6-12(18)8-14(13)19/h2-9H,1H3,(H,20,21,22). The second kappa shape index (κ2) is 6.71. The molecular formula is C17H12Cl2N2OS. The van der Waals surface area contributed by atoms with Crippen LogP contribution in [0.4, 0.5) is 5.13 Å². The van der Waals surface area contributed by atoms with E-state index in [4.69, 9.17) is 23.2 Å². The summed E-state index contributed by atoms with van der Waals surface area (Å²) in [6.45, 7) is 2.03. The number of hydrogen-bond donors (Lipinski definition) is 1. The Morgan fingerprint density at radius 1 is 1.13 bits per heavy atom. The van der Waals surface area contributed by atoms with E-state index in [1.807, 2.05) is 36.6 Å². The summed E-state index contributed by atoms with van der Waals surface area (Å²) >= 11 is 13.3. The maximum atomic E-state index is 12.3. The lowest BCUT2D eigenvalue weighted by molar-refractivity contribution is 0.102. The van der Waals surface area contributed by atoms with E-state index >= 15 is 0 Å². The van der Waals surface area contributed by atoms with E-state index in [2.05, 4.69) is 10.3 Å². The summed E-state index contributed by atoms with van der Waals surface area (Å²) in [5, 5.41) is 5.99. The van der Waals surface area contributed by atoms with Gasteiger partial charge in [-0.05, 0) is 25.1 Å². The quantitative estimate of drug-likeness (QED) is 0.651. The molecule has 0 fully saturated rings. The zero-order chi connectivity index (χ0) is 16.4. The number of anilines is 1. The Labute approximate surface area is 147 Å².